The number of aromatic nitrogens is 3. The van der Waals surface area contributed by atoms with Crippen LogP contribution in [0.4, 0.5) is 4.39 Å². The van der Waals surface area contributed by atoms with Crippen LogP contribution in [-0.2, 0) is 23.0 Å². The van der Waals surface area contributed by atoms with Gasteiger partial charge in [-0.1, -0.05) is 18.2 Å². The standard InChI is InChI=1S/C27H21FN4O3S2/c28-21-10-8-19(9-11-21)24-17-32-22(18-36-27(32)30-24)12-14-31(16-23-6-3-15-35-23)37(33,34)25-7-1-4-20-5-2-13-29-26(20)25/h1-11,13,15,17-18H,12,14,16H2. The lowest BCUT2D eigenvalue weighted by molar-refractivity contribution is 0.365. The lowest BCUT2D eigenvalue weighted by Crippen LogP contribution is -2.33. The molecule has 0 saturated carbocycles. The Morgan fingerprint density at radius 2 is 1.86 bits per heavy atom. The van der Waals surface area contributed by atoms with Gasteiger partial charge in [-0.3, -0.25) is 9.38 Å². The van der Waals surface area contributed by atoms with E-state index in [-0.39, 0.29) is 23.8 Å². The summed E-state index contributed by atoms with van der Waals surface area (Å²) in [6.45, 7) is 0.318. The van der Waals surface area contributed by atoms with Crippen LogP contribution in [0.25, 0.3) is 27.1 Å². The summed E-state index contributed by atoms with van der Waals surface area (Å²) >= 11 is 1.48. The predicted molar refractivity (Wildman–Crippen MR) is 140 cm³/mol. The van der Waals surface area contributed by atoms with E-state index in [0.29, 0.717) is 17.7 Å². The van der Waals surface area contributed by atoms with Gasteiger partial charge in [0.1, 0.15) is 16.5 Å². The van der Waals surface area contributed by atoms with E-state index in [4.69, 9.17) is 4.42 Å². The number of para-hydroxylation sites is 1. The van der Waals surface area contributed by atoms with Crippen molar-refractivity contribution >= 4 is 37.2 Å². The molecule has 0 atom stereocenters. The fourth-order valence-corrected chi connectivity index (χ4v) is 6.77. The van der Waals surface area contributed by atoms with Gasteiger partial charge in [0.2, 0.25) is 10.0 Å². The molecule has 37 heavy (non-hydrogen) atoms. The lowest BCUT2D eigenvalue weighted by atomic mass is 10.2. The lowest BCUT2D eigenvalue weighted by Gasteiger charge is -2.22. The zero-order valence-electron chi connectivity index (χ0n) is 19.5. The van der Waals surface area contributed by atoms with E-state index in [0.717, 1.165) is 27.3 Å². The van der Waals surface area contributed by atoms with Crippen LogP contribution in [0.2, 0.25) is 0 Å². The molecule has 0 aliphatic carbocycles. The fourth-order valence-electron chi connectivity index (χ4n) is 4.29. The highest BCUT2D eigenvalue weighted by Crippen LogP contribution is 2.27. The molecule has 6 rings (SSSR count). The third-order valence-electron chi connectivity index (χ3n) is 6.17. The second-order valence-corrected chi connectivity index (χ2v) is 11.3. The molecule has 0 unspecified atom stereocenters. The summed E-state index contributed by atoms with van der Waals surface area (Å²) in [5, 5.41) is 2.74. The molecule has 10 heteroatoms. The first-order chi connectivity index (χ1) is 18.0. The van der Waals surface area contributed by atoms with Crippen LogP contribution in [-0.4, -0.2) is 33.6 Å². The number of benzene rings is 2. The molecule has 186 valence electrons. The van der Waals surface area contributed by atoms with Gasteiger partial charge < -0.3 is 4.42 Å². The van der Waals surface area contributed by atoms with Crippen LogP contribution in [0, 0.1) is 5.82 Å². The van der Waals surface area contributed by atoms with Gasteiger partial charge in [-0.15, -0.1) is 11.3 Å². The molecule has 4 aromatic heterocycles. The van der Waals surface area contributed by atoms with E-state index >= 15 is 0 Å². The summed E-state index contributed by atoms with van der Waals surface area (Å²) in [7, 11) is -3.90. The zero-order chi connectivity index (χ0) is 25.4. The Morgan fingerprint density at radius 1 is 1.03 bits per heavy atom. The van der Waals surface area contributed by atoms with Crippen LogP contribution in [0.3, 0.4) is 0 Å². The molecule has 0 radical (unpaired) electrons. The van der Waals surface area contributed by atoms with Crippen LogP contribution < -0.4 is 0 Å². The van der Waals surface area contributed by atoms with Crippen molar-refractivity contribution in [2.45, 2.75) is 17.9 Å². The highest BCUT2D eigenvalue weighted by Gasteiger charge is 2.28. The van der Waals surface area contributed by atoms with E-state index in [1.165, 1.54) is 34.0 Å². The number of imidazole rings is 1. The maximum absolute atomic E-state index is 13.9. The summed E-state index contributed by atoms with van der Waals surface area (Å²) in [4.78, 5) is 9.95. The summed E-state index contributed by atoms with van der Waals surface area (Å²) in [6.07, 6.45) is 5.48. The van der Waals surface area contributed by atoms with Gasteiger partial charge in [-0.25, -0.2) is 17.8 Å². The van der Waals surface area contributed by atoms with Gasteiger partial charge in [0.15, 0.2) is 4.96 Å². The average Bonchev–Trinajstić information content (AvgIpc) is 3.65. The van der Waals surface area contributed by atoms with Gasteiger partial charge in [0.05, 0.1) is 24.0 Å². The van der Waals surface area contributed by atoms with Crippen molar-refractivity contribution in [1.29, 1.82) is 0 Å². The molecular weight excluding hydrogens is 511 g/mol. The normalized spacial score (nSPS) is 12.2. The first-order valence-electron chi connectivity index (χ1n) is 11.6. The number of hydrogen-bond acceptors (Lipinski definition) is 6. The number of halogens is 1. The minimum Gasteiger partial charge on any atom is -0.468 e. The van der Waals surface area contributed by atoms with Crippen molar-refractivity contribution in [2.24, 2.45) is 0 Å². The molecule has 0 amide bonds. The molecule has 6 aromatic rings. The van der Waals surface area contributed by atoms with Crippen molar-refractivity contribution in [1.82, 2.24) is 18.7 Å². The molecular formula is C27H21FN4O3S2. The van der Waals surface area contributed by atoms with Crippen molar-refractivity contribution in [3.63, 3.8) is 0 Å². The number of nitrogens with zero attached hydrogens (tertiary/aromatic N) is 4. The molecule has 0 N–H and O–H groups in total. The summed E-state index contributed by atoms with van der Waals surface area (Å²) in [5.74, 6) is 0.248. The number of pyridine rings is 1. The monoisotopic (exact) mass is 532 g/mol. The Kier molecular flexibility index (Phi) is 6.07. The Bertz CT molecular complexity index is 1790. The SMILES string of the molecule is O=S(=O)(c1cccc2cccnc12)N(CCc1csc2nc(-c3ccc(F)cc3)cn12)Cc1ccco1. The van der Waals surface area contributed by atoms with Crippen LogP contribution in [0.5, 0.6) is 0 Å². The van der Waals surface area contributed by atoms with Gasteiger partial charge >= 0.3 is 0 Å². The first kappa shape index (κ1) is 23.5. The molecule has 2 aromatic carbocycles. The average molecular weight is 533 g/mol. The Hall–Kier alpha value is -3.86. The summed E-state index contributed by atoms with van der Waals surface area (Å²) < 4.78 is 50.0. The van der Waals surface area contributed by atoms with Gasteiger partial charge in [-0.2, -0.15) is 4.31 Å². The third-order valence-corrected chi connectivity index (χ3v) is 8.93. The molecule has 0 aliphatic rings. The smallest absolute Gasteiger partial charge is 0.245 e. The Morgan fingerprint density at radius 3 is 2.68 bits per heavy atom. The van der Waals surface area contributed by atoms with Crippen molar-refractivity contribution in [2.75, 3.05) is 6.54 Å². The van der Waals surface area contributed by atoms with Crippen LogP contribution in [0.15, 0.2) is 100 Å². The summed E-state index contributed by atoms with van der Waals surface area (Å²) in [5.41, 5.74) is 2.91. The quantitative estimate of drug-likeness (QED) is 0.248. The third kappa shape index (κ3) is 4.55. The first-order valence-corrected chi connectivity index (χ1v) is 13.9. The molecule has 0 aliphatic heterocycles. The van der Waals surface area contributed by atoms with Gasteiger partial charge in [-0.05, 0) is 48.5 Å². The number of fused-ring (bicyclic) bond motifs is 2. The number of sulfonamides is 1. The molecule has 0 saturated heterocycles. The second-order valence-electron chi connectivity index (χ2n) is 8.51. The molecule has 0 bridgehead atoms. The number of rotatable bonds is 8. The van der Waals surface area contributed by atoms with Crippen LogP contribution >= 0.6 is 11.3 Å². The molecule has 7 nitrogen and oxygen atoms in total. The second kappa shape index (κ2) is 9.55. The number of thiazole rings is 1. The molecule has 0 spiro atoms. The van der Waals surface area contributed by atoms with Crippen molar-refractivity contribution < 1.29 is 17.2 Å². The number of hydrogen-bond donors (Lipinski definition) is 0. The van der Waals surface area contributed by atoms with Crippen molar-refractivity contribution in [3.8, 4) is 11.3 Å². The highest BCUT2D eigenvalue weighted by atomic mass is 32.2. The highest BCUT2D eigenvalue weighted by molar-refractivity contribution is 7.89. The number of furan rings is 1. The van der Waals surface area contributed by atoms with Gasteiger partial charge in [0, 0.05) is 47.4 Å². The van der Waals surface area contributed by atoms with Gasteiger partial charge in [0.25, 0.3) is 0 Å². The maximum Gasteiger partial charge on any atom is 0.245 e. The minimum absolute atomic E-state index is 0.0938. The van der Waals surface area contributed by atoms with E-state index in [2.05, 4.69) is 9.97 Å². The Balaban J connectivity index is 1.32. The Labute approximate surface area is 216 Å². The predicted octanol–water partition coefficient (Wildman–Crippen LogP) is 5.78. The van der Waals surface area contributed by atoms with Crippen molar-refractivity contribution in [3.05, 3.63) is 108 Å². The minimum atomic E-state index is -3.90. The van der Waals surface area contributed by atoms with E-state index in [9.17, 15) is 12.8 Å². The maximum atomic E-state index is 13.9. The fraction of sp³-hybridized carbons (Fsp3) is 0.111. The summed E-state index contributed by atoms with van der Waals surface area (Å²) in [6, 6.07) is 18.5. The van der Waals surface area contributed by atoms with E-state index in [1.54, 1.807) is 48.7 Å². The molecule has 0 fully saturated rings. The zero-order valence-corrected chi connectivity index (χ0v) is 21.1. The molecule has 4 heterocycles. The van der Waals surface area contributed by atoms with E-state index < -0.39 is 10.0 Å². The topological polar surface area (TPSA) is 80.7 Å². The van der Waals surface area contributed by atoms with Crippen LogP contribution in [0.1, 0.15) is 11.5 Å². The van der Waals surface area contributed by atoms with E-state index in [1.807, 2.05) is 28.1 Å². The largest absolute Gasteiger partial charge is 0.468 e.